The molecular weight excluding hydrogens is 344 g/mol. The van der Waals surface area contributed by atoms with Gasteiger partial charge in [-0.15, -0.1) is 12.4 Å². The van der Waals surface area contributed by atoms with Crippen LogP contribution in [0.1, 0.15) is 32.3 Å². The van der Waals surface area contributed by atoms with Gasteiger partial charge in [0, 0.05) is 38.4 Å². The number of ether oxygens (including phenoxy) is 1. The van der Waals surface area contributed by atoms with E-state index in [0.717, 1.165) is 42.9 Å². The van der Waals surface area contributed by atoms with E-state index in [0.29, 0.717) is 11.7 Å². The Morgan fingerprint density at radius 1 is 1.16 bits per heavy atom. The van der Waals surface area contributed by atoms with Crippen LogP contribution in [0.2, 0.25) is 0 Å². The first-order chi connectivity index (χ1) is 11.5. The molecule has 1 aromatic carbocycles. The van der Waals surface area contributed by atoms with Gasteiger partial charge in [0.2, 0.25) is 0 Å². The molecule has 3 saturated heterocycles. The largest absolute Gasteiger partial charge is 0.426 e. The van der Waals surface area contributed by atoms with Crippen molar-refractivity contribution in [2.24, 2.45) is 11.1 Å². The van der Waals surface area contributed by atoms with Gasteiger partial charge in [-0.3, -0.25) is 4.79 Å². The maximum Gasteiger partial charge on any atom is 0.331 e. The van der Waals surface area contributed by atoms with Crippen molar-refractivity contribution in [1.29, 1.82) is 0 Å². The summed E-state index contributed by atoms with van der Waals surface area (Å²) >= 11 is 0. The Labute approximate surface area is 152 Å². The average Bonchev–Trinajstić information content (AvgIpc) is 2.56. The highest BCUT2D eigenvalue weighted by molar-refractivity contribution is 6.06. The van der Waals surface area contributed by atoms with E-state index in [1.54, 1.807) is 6.07 Å². The second kappa shape index (κ2) is 8.16. The maximum atomic E-state index is 11.3. The molecule has 3 aliphatic heterocycles. The molecule has 25 heavy (non-hydrogen) atoms. The number of fused-ring (bicyclic) bond motifs is 3. The van der Waals surface area contributed by atoms with Gasteiger partial charge < -0.3 is 14.5 Å². The summed E-state index contributed by atoms with van der Waals surface area (Å²) in [6, 6.07) is 7.35. The number of carbonyl (C=O) groups excluding carboxylic acids is 2. The predicted molar refractivity (Wildman–Crippen MR) is 96.5 cm³/mol. The van der Waals surface area contributed by atoms with Gasteiger partial charge in [0.25, 0.3) is 0 Å². The molecule has 2 bridgehead atoms. The number of nitrogens with zero attached hydrogens (tertiary/aromatic N) is 2. The lowest BCUT2D eigenvalue weighted by atomic mass is 9.83. The molecule has 0 aromatic heterocycles. The fraction of sp³-hybridized carbons (Fsp3) is 0.389. The molecule has 0 atom stereocenters. The fourth-order valence-electron chi connectivity index (χ4n) is 3.16. The number of benzene rings is 1. The molecule has 0 saturated carbocycles. The topological polar surface area (TPSA) is 68.2 Å². The summed E-state index contributed by atoms with van der Waals surface area (Å²) in [5.74, 6) is 0.00667. The number of para-hydroxylation sites is 1. The molecule has 134 valence electrons. The van der Waals surface area contributed by atoms with E-state index >= 15 is 0 Å². The van der Waals surface area contributed by atoms with Crippen LogP contribution in [0, 0.1) is 5.92 Å². The van der Waals surface area contributed by atoms with Crippen molar-refractivity contribution in [3.05, 3.63) is 35.5 Å². The van der Waals surface area contributed by atoms with Crippen LogP contribution >= 0.6 is 12.4 Å². The number of carbonyl (C=O) groups is 2. The molecule has 0 aliphatic carbocycles. The zero-order chi connectivity index (χ0) is 17.1. The third-order valence-corrected chi connectivity index (χ3v) is 4.22. The van der Waals surface area contributed by atoms with E-state index in [9.17, 15) is 9.59 Å². The van der Waals surface area contributed by atoms with E-state index in [-0.39, 0.29) is 18.4 Å². The van der Waals surface area contributed by atoms with Gasteiger partial charge in [-0.2, -0.15) is 0 Å². The number of rotatable bonds is 3. The molecule has 3 aliphatic rings. The highest BCUT2D eigenvalue weighted by atomic mass is 35.5. The molecule has 0 amide bonds. The smallest absolute Gasteiger partial charge is 0.331 e. The van der Waals surface area contributed by atoms with E-state index in [1.165, 1.54) is 13.8 Å². The lowest BCUT2D eigenvalue weighted by Crippen LogP contribution is -2.46. The second-order valence-corrected chi connectivity index (χ2v) is 5.98. The van der Waals surface area contributed by atoms with E-state index in [4.69, 9.17) is 9.57 Å². The minimum absolute atomic E-state index is 0. The molecule has 3 fully saturated rings. The molecule has 3 heterocycles. The van der Waals surface area contributed by atoms with Crippen molar-refractivity contribution >= 4 is 36.1 Å². The van der Waals surface area contributed by atoms with Gasteiger partial charge >= 0.3 is 11.9 Å². The second-order valence-electron chi connectivity index (χ2n) is 5.98. The number of hydrogen-bond donors (Lipinski definition) is 0. The molecule has 6 nitrogen and oxygen atoms in total. The van der Waals surface area contributed by atoms with E-state index in [2.05, 4.69) is 10.1 Å². The van der Waals surface area contributed by atoms with Crippen molar-refractivity contribution in [1.82, 2.24) is 4.90 Å². The van der Waals surface area contributed by atoms with E-state index < -0.39 is 5.97 Å². The zero-order valence-electron chi connectivity index (χ0n) is 14.2. The predicted octanol–water partition coefficient (Wildman–Crippen LogP) is 3.02. The zero-order valence-corrected chi connectivity index (χ0v) is 15.0. The monoisotopic (exact) mass is 364 g/mol. The molecule has 0 N–H and O–H groups in total. The van der Waals surface area contributed by atoms with Crippen molar-refractivity contribution in [3.63, 3.8) is 0 Å². The lowest BCUT2D eigenvalue weighted by Gasteiger charge is -2.42. The molecule has 1 aromatic rings. The van der Waals surface area contributed by atoms with Crippen LogP contribution in [-0.2, 0) is 14.4 Å². The summed E-state index contributed by atoms with van der Waals surface area (Å²) in [6.07, 6.45) is 3.96. The first kappa shape index (κ1) is 19.0. The Morgan fingerprint density at radius 2 is 1.84 bits per heavy atom. The minimum Gasteiger partial charge on any atom is -0.426 e. The highest BCUT2D eigenvalue weighted by Crippen LogP contribution is 2.34. The summed E-state index contributed by atoms with van der Waals surface area (Å²) in [4.78, 5) is 29.5. The van der Waals surface area contributed by atoms with Crippen molar-refractivity contribution in [2.75, 3.05) is 13.1 Å². The third-order valence-electron chi connectivity index (χ3n) is 4.22. The van der Waals surface area contributed by atoms with Gasteiger partial charge in [0.15, 0.2) is 0 Å². The van der Waals surface area contributed by atoms with Crippen LogP contribution in [-0.4, -0.2) is 35.6 Å². The molecule has 0 radical (unpaired) electrons. The summed E-state index contributed by atoms with van der Waals surface area (Å²) in [5, 5.41) is 4.08. The number of oxime groups is 1. The number of esters is 1. The maximum absolute atomic E-state index is 11.3. The van der Waals surface area contributed by atoms with Gasteiger partial charge in [-0.05, 0) is 25.0 Å². The minimum atomic E-state index is -0.432. The molecule has 4 rings (SSSR count). The Hall–Kier alpha value is -2.34. The van der Waals surface area contributed by atoms with E-state index in [1.807, 2.05) is 24.3 Å². The molecular formula is C18H21ClN2O4. The van der Waals surface area contributed by atoms with Crippen molar-refractivity contribution in [2.45, 2.75) is 26.7 Å². The standard InChI is InChI=1S/C18H20N2O4.ClH/c1-12(21)23-17-6-4-3-5-15(17)11-16-18(19-24-13(2)22)14-7-9-20(16)10-8-14;/h3-6,11,14H,7-10H2,1-2H3;1H. The molecule has 7 heteroatoms. The normalized spacial score (nSPS) is 19.7. The Bertz CT molecular complexity index is 722. The van der Waals surface area contributed by atoms with Crippen LogP contribution in [0.5, 0.6) is 5.75 Å². The summed E-state index contributed by atoms with van der Waals surface area (Å²) in [5.41, 5.74) is 2.52. The van der Waals surface area contributed by atoms with Crippen LogP contribution < -0.4 is 4.74 Å². The summed E-state index contributed by atoms with van der Waals surface area (Å²) in [6.45, 7) is 4.62. The van der Waals surface area contributed by atoms with Gasteiger partial charge in [0.05, 0.1) is 5.70 Å². The third kappa shape index (κ3) is 4.39. The molecule has 0 unspecified atom stereocenters. The summed E-state index contributed by atoms with van der Waals surface area (Å²) in [7, 11) is 0. The van der Waals surface area contributed by atoms with Gasteiger partial charge in [-0.1, -0.05) is 23.4 Å². The van der Waals surface area contributed by atoms with Crippen LogP contribution in [0.25, 0.3) is 6.08 Å². The highest BCUT2D eigenvalue weighted by Gasteiger charge is 2.35. The first-order valence-electron chi connectivity index (χ1n) is 8.04. The SMILES string of the molecule is CC(=O)ON=C1C(=Cc2ccccc2OC(C)=O)N2CCC1CC2.Cl. The lowest BCUT2D eigenvalue weighted by molar-refractivity contribution is -0.141. The fourth-order valence-corrected chi connectivity index (χ4v) is 3.16. The van der Waals surface area contributed by atoms with Crippen molar-refractivity contribution in [3.8, 4) is 5.75 Å². The van der Waals surface area contributed by atoms with Gasteiger partial charge in [-0.25, -0.2) is 4.79 Å². The quantitative estimate of drug-likeness (QED) is 0.357. The number of piperidine rings is 3. The van der Waals surface area contributed by atoms with Crippen LogP contribution in [0.3, 0.4) is 0 Å². The van der Waals surface area contributed by atoms with Gasteiger partial charge in [0.1, 0.15) is 11.5 Å². The van der Waals surface area contributed by atoms with Crippen molar-refractivity contribution < 1.29 is 19.2 Å². The van der Waals surface area contributed by atoms with Crippen LogP contribution in [0.15, 0.2) is 35.1 Å². The average molecular weight is 365 g/mol. The number of hydrogen-bond acceptors (Lipinski definition) is 6. The first-order valence-corrected chi connectivity index (χ1v) is 8.04. The molecule has 0 spiro atoms. The Balaban J connectivity index is 0.00000225. The number of halogens is 1. The summed E-state index contributed by atoms with van der Waals surface area (Å²) < 4.78 is 5.27. The Morgan fingerprint density at radius 3 is 2.48 bits per heavy atom. The Kier molecular flexibility index (Phi) is 6.20. The number of allylic oxidation sites excluding steroid dienone is 1. The van der Waals surface area contributed by atoms with Crippen LogP contribution in [0.4, 0.5) is 0 Å².